The Hall–Kier alpha value is -0.280. The van der Waals surface area contributed by atoms with E-state index in [1.54, 1.807) is 11.8 Å². The van der Waals surface area contributed by atoms with Gasteiger partial charge in [-0.15, -0.1) is 11.8 Å². The molecule has 1 aromatic carbocycles. The predicted molar refractivity (Wildman–Crippen MR) is 69.6 cm³/mol. The quantitative estimate of drug-likeness (QED) is 0.614. The lowest BCUT2D eigenvalue weighted by atomic mass is 9.86. The summed E-state index contributed by atoms with van der Waals surface area (Å²) in [6, 6.07) is 6.13. The summed E-state index contributed by atoms with van der Waals surface area (Å²) in [5.41, 5.74) is 0.641. The maximum absolute atomic E-state index is 10.9. The van der Waals surface area contributed by atoms with Gasteiger partial charge in [0.1, 0.15) is 6.29 Å². The Kier molecular flexibility index (Phi) is 4.41. The molecular weight excluding hydrogens is 272 g/mol. The number of hydrogen-bond acceptors (Lipinski definition) is 2. The second kappa shape index (κ2) is 5.17. The van der Waals surface area contributed by atoms with Gasteiger partial charge in [0.15, 0.2) is 0 Å². The first-order valence-electron chi connectivity index (χ1n) is 4.90. The minimum atomic E-state index is -0.405. The van der Waals surface area contributed by atoms with E-state index < -0.39 is 5.41 Å². The van der Waals surface area contributed by atoms with Gasteiger partial charge in [-0.2, -0.15) is 0 Å². The molecule has 0 aliphatic heterocycles. The zero-order valence-corrected chi connectivity index (χ0v) is 11.6. The van der Waals surface area contributed by atoms with Crippen LogP contribution in [0.5, 0.6) is 0 Å². The van der Waals surface area contributed by atoms with Crippen molar-refractivity contribution in [2.24, 2.45) is 0 Å². The molecule has 0 heterocycles. The molecule has 0 aliphatic rings. The summed E-state index contributed by atoms with van der Waals surface area (Å²) in [7, 11) is 0. The molecule has 0 saturated heterocycles. The van der Waals surface area contributed by atoms with Crippen LogP contribution in [0.3, 0.4) is 0 Å². The Morgan fingerprint density at radius 1 is 1.47 bits per heavy atom. The summed E-state index contributed by atoms with van der Waals surface area (Å²) in [5, 5.41) is 0. The molecule has 0 spiro atoms. The Labute approximate surface area is 104 Å². The van der Waals surface area contributed by atoms with E-state index in [0.29, 0.717) is 0 Å². The zero-order chi connectivity index (χ0) is 11.5. The third-order valence-corrected chi connectivity index (χ3v) is 4.14. The number of hydrogen-bond donors (Lipinski definition) is 0. The molecule has 0 saturated carbocycles. The molecule has 0 unspecified atom stereocenters. The van der Waals surface area contributed by atoms with E-state index >= 15 is 0 Å². The molecule has 3 heteroatoms. The van der Waals surface area contributed by atoms with Crippen molar-refractivity contribution in [2.45, 2.75) is 31.1 Å². The highest BCUT2D eigenvalue weighted by molar-refractivity contribution is 9.10. The maximum Gasteiger partial charge on any atom is 0.129 e. The SMILES string of the molecule is CCSc1ccc(C(C)(C)C=O)cc1Br. The molecule has 15 heavy (non-hydrogen) atoms. The number of halogens is 1. The number of aldehydes is 1. The number of carbonyl (C=O) groups excluding carboxylic acids is 1. The summed E-state index contributed by atoms with van der Waals surface area (Å²) < 4.78 is 1.07. The molecule has 0 fully saturated rings. The van der Waals surface area contributed by atoms with Crippen LogP contribution in [0, 0.1) is 0 Å². The van der Waals surface area contributed by atoms with Crippen molar-refractivity contribution >= 4 is 34.0 Å². The minimum absolute atomic E-state index is 0.405. The second-order valence-corrected chi connectivity index (χ2v) is 6.08. The first-order valence-corrected chi connectivity index (χ1v) is 6.68. The van der Waals surface area contributed by atoms with E-state index in [0.717, 1.165) is 22.1 Å². The van der Waals surface area contributed by atoms with Gasteiger partial charge in [0.05, 0.1) is 0 Å². The summed E-state index contributed by atoms with van der Waals surface area (Å²) in [6.45, 7) is 5.98. The first kappa shape index (κ1) is 12.8. The Bertz CT molecular complexity index is 361. The smallest absolute Gasteiger partial charge is 0.129 e. The number of benzene rings is 1. The van der Waals surface area contributed by atoms with E-state index in [1.807, 2.05) is 26.0 Å². The third-order valence-electron chi connectivity index (χ3n) is 2.27. The second-order valence-electron chi connectivity index (χ2n) is 3.92. The molecule has 1 nitrogen and oxygen atoms in total. The van der Waals surface area contributed by atoms with E-state index in [2.05, 4.69) is 28.9 Å². The molecule has 0 radical (unpaired) electrons. The van der Waals surface area contributed by atoms with Gasteiger partial charge < -0.3 is 4.79 Å². The Morgan fingerprint density at radius 2 is 2.13 bits per heavy atom. The highest BCUT2D eigenvalue weighted by atomic mass is 79.9. The summed E-state index contributed by atoms with van der Waals surface area (Å²) in [5.74, 6) is 1.05. The van der Waals surface area contributed by atoms with Crippen LogP contribution < -0.4 is 0 Å². The van der Waals surface area contributed by atoms with Crippen molar-refractivity contribution in [1.82, 2.24) is 0 Å². The summed E-state index contributed by atoms with van der Waals surface area (Å²) in [6.07, 6.45) is 0.988. The normalized spacial score (nSPS) is 11.5. The van der Waals surface area contributed by atoms with Gasteiger partial charge >= 0.3 is 0 Å². The van der Waals surface area contributed by atoms with Crippen LogP contribution in [-0.2, 0) is 10.2 Å². The maximum atomic E-state index is 10.9. The minimum Gasteiger partial charge on any atom is -0.302 e. The Balaban J connectivity index is 3.06. The molecule has 1 aromatic rings. The number of thioether (sulfide) groups is 1. The highest BCUT2D eigenvalue weighted by Gasteiger charge is 2.20. The van der Waals surface area contributed by atoms with Gasteiger partial charge in [0.2, 0.25) is 0 Å². The van der Waals surface area contributed by atoms with Crippen molar-refractivity contribution in [3.05, 3.63) is 28.2 Å². The molecule has 0 atom stereocenters. The van der Waals surface area contributed by atoms with Crippen molar-refractivity contribution in [2.75, 3.05) is 5.75 Å². The van der Waals surface area contributed by atoms with E-state index in [4.69, 9.17) is 0 Å². The van der Waals surface area contributed by atoms with Crippen LogP contribution in [-0.4, -0.2) is 12.0 Å². The van der Waals surface area contributed by atoms with Crippen LogP contribution >= 0.6 is 27.7 Å². The van der Waals surface area contributed by atoms with Gasteiger partial charge in [-0.25, -0.2) is 0 Å². The monoisotopic (exact) mass is 286 g/mol. The van der Waals surface area contributed by atoms with Gasteiger partial charge in [-0.3, -0.25) is 0 Å². The molecule has 1 rings (SSSR count). The summed E-state index contributed by atoms with van der Waals surface area (Å²) >= 11 is 5.33. The molecular formula is C12H15BrOS. The largest absolute Gasteiger partial charge is 0.302 e. The van der Waals surface area contributed by atoms with Crippen LogP contribution in [0.15, 0.2) is 27.6 Å². The Morgan fingerprint density at radius 3 is 2.60 bits per heavy atom. The van der Waals surface area contributed by atoms with Crippen molar-refractivity contribution in [3.63, 3.8) is 0 Å². The van der Waals surface area contributed by atoms with Crippen LogP contribution in [0.2, 0.25) is 0 Å². The fourth-order valence-corrected chi connectivity index (χ4v) is 2.64. The number of carbonyl (C=O) groups is 1. The van der Waals surface area contributed by atoms with Crippen molar-refractivity contribution < 1.29 is 4.79 Å². The van der Waals surface area contributed by atoms with Crippen molar-refractivity contribution in [1.29, 1.82) is 0 Å². The fraction of sp³-hybridized carbons (Fsp3) is 0.417. The third kappa shape index (κ3) is 3.08. The van der Waals surface area contributed by atoms with Gasteiger partial charge in [-0.1, -0.05) is 13.0 Å². The van der Waals surface area contributed by atoms with Gasteiger partial charge in [0, 0.05) is 14.8 Å². The topological polar surface area (TPSA) is 17.1 Å². The lowest BCUT2D eigenvalue weighted by molar-refractivity contribution is -0.111. The van der Waals surface area contributed by atoms with Gasteiger partial charge in [-0.05, 0) is 53.2 Å². The molecule has 0 bridgehead atoms. The van der Waals surface area contributed by atoms with Crippen LogP contribution in [0.1, 0.15) is 26.3 Å². The van der Waals surface area contributed by atoms with E-state index in [9.17, 15) is 4.79 Å². The average Bonchev–Trinajstić information content (AvgIpc) is 2.21. The molecule has 0 amide bonds. The van der Waals surface area contributed by atoms with Gasteiger partial charge in [0.25, 0.3) is 0 Å². The first-order chi connectivity index (χ1) is 7.01. The summed E-state index contributed by atoms with van der Waals surface area (Å²) in [4.78, 5) is 12.2. The lowest BCUT2D eigenvalue weighted by Crippen LogP contribution is -2.18. The van der Waals surface area contributed by atoms with Crippen LogP contribution in [0.25, 0.3) is 0 Å². The van der Waals surface area contributed by atoms with Crippen molar-refractivity contribution in [3.8, 4) is 0 Å². The fourth-order valence-electron chi connectivity index (χ4n) is 1.24. The average molecular weight is 287 g/mol. The molecule has 0 aliphatic carbocycles. The van der Waals surface area contributed by atoms with Crippen LogP contribution in [0.4, 0.5) is 0 Å². The lowest BCUT2D eigenvalue weighted by Gasteiger charge is -2.18. The van der Waals surface area contributed by atoms with E-state index in [1.165, 1.54) is 4.90 Å². The predicted octanol–water partition coefficient (Wildman–Crippen LogP) is 4.04. The zero-order valence-electron chi connectivity index (χ0n) is 9.21. The molecule has 0 aromatic heterocycles. The number of rotatable bonds is 4. The van der Waals surface area contributed by atoms with E-state index in [-0.39, 0.29) is 0 Å². The highest BCUT2D eigenvalue weighted by Crippen LogP contribution is 2.31. The standard InChI is InChI=1S/C12H15BrOS/c1-4-15-11-6-5-9(7-10(11)13)12(2,3)8-14/h5-8H,4H2,1-3H3. The molecule has 82 valence electrons. The molecule has 0 N–H and O–H groups in total.